The van der Waals surface area contributed by atoms with Crippen LogP contribution in [0.25, 0.3) is 11.3 Å². The lowest BCUT2D eigenvalue weighted by Crippen LogP contribution is -2.45. The van der Waals surface area contributed by atoms with E-state index in [-0.39, 0.29) is 18.2 Å². The van der Waals surface area contributed by atoms with Gasteiger partial charge in [-0.1, -0.05) is 12.1 Å². The third kappa shape index (κ3) is 3.93. The van der Waals surface area contributed by atoms with E-state index in [1.54, 1.807) is 6.20 Å². The van der Waals surface area contributed by atoms with E-state index in [2.05, 4.69) is 25.7 Å². The molecule has 0 bridgehead atoms. The molecule has 0 saturated carbocycles. The van der Waals surface area contributed by atoms with Crippen molar-refractivity contribution >= 4 is 11.7 Å². The minimum absolute atomic E-state index is 0.00857. The van der Waals surface area contributed by atoms with Crippen LogP contribution in [0.15, 0.2) is 36.5 Å². The van der Waals surface area contributed by atoms with E-state index in [1.165, 1.54) is 0 Å². The van der Waals surface area contributed by atoms with Crippen LogP contribution in [-0.2, 0) is 4.74 Å². The summed E-state index contributed by atoms with van der Waals surface area (Å²) in [6, 6.07) is 9.30. The molecule has 1 aliphatic heterocycles. The third-order valence-electron chi connectivity index (χ3n) is 4.08. The minimum atomic E-state index is -0.221. The van der Waals surface area contributed by atoms with Gasteiger partial charge < -0.3 is 20.3 Å². The molecule has 1 aromatic heterocycles. The van der Waals surface area contributed by atoms with Crippen molar-refractivity contribution in [3.8, 4) is 11.3 Å². The van der Waals surface area contributed by atoms with Gasteiger partial charge in [-0.3, -0.25) is 5.10 Å². The van der Waals surface area contributed by atoms with Crippen LogP contribution in [0.3, 0.4) is 0 Å². The van der Waals surface area contributed by atoms with Crippen LogP contribution in [0, 0.1) is 0 Å². The van der Waals surface area contributed by atoms with E-state index in [4.69, 9.17) is 4.74 Å². The third-order valence-corrected chi connectivity index (χ3v) is 4.08. The molecule has 2 atom stereocenters. The normalized spacial score (nSPS) is 20.9. The first-order valence-electron chi connectivity index (χ1n) is 8.13. The molecule has 3 rings (SSSR count). The molecule has 2 amide bonds. The van der Waals surface area contributed by atoms with Crippen molar-refractivity contribution in [2.45, 2.75) is 19.1 Å². The number of H-pyrrole nitrogens is 1. The number of urea groups is 1. The van der Waals surface area contributed by atoms with Crippen molar-refractivity contribution in [1.29, 1.82) is 0 Å². The van der Waals surface area contributed by atoms with Crippen LogP contribution in [0.2, 0.25) is 0 Å². The van der Waals surface area contributed by atoms with Crippen LogP contribution in [0.4, 0.5) is 10.5 Å². The first kappa shape index (κ1) is 16.5. The molecule has 0 aliphatic carbocycles. The molecule has 1 aliphatic rings. The van der Waals surface area contributed by atoms with Gasteiger partial charge in [0.15, 0.2) is 0 Å². The minimum Gasteiger partial charge on any atom is -0.375 e. The number of ether oxygens (including phenoxy) is 1. The summed E-state index contributed by atoms with van der Waals surface area (Å²) in [5.74, 6) is 0. The fraction of sp³-hybridized carbons (Fsp3) is 0.412. The topological polar surface area (TPSA) is 82.3 Å². The van der Waals surface area contributed by atoms with Gasteiger partial charge in [-0.25, -0.2) is 4.79 Å². The van der Waals surface area contributed by atoms with Crippen molar-refractivity contribution in [2.75, 3.05) is 32.1 Å². The Morgan fingerprint density at radius 3 is 3.04 bits per heavy atom. The molecular formula is C17H23N5O2. The van der Waals surface area contributed by atoms with Crippen molar-refractivity contribution in [3.05, 3.63) is 36.5 Å². The van der Waals surface area contributed by atoms with Crippen LogP contribution >= 0.6 is 0 Å². The quantitative estimate of drug-likeness (QED) is 0.783. The Morgan fingerprint density at radius 1 is 1.42 bits per heavy atom. The van der Waals surface area contributed by atoms with Gasteiger partial charge in [-0.05, 0) is 32.2 Å². The zero-order valence-corrected chi connectivity index (χ0v) is 14.0. The second-order valence-electron chi connectivity index (χ2n) is 5.97. The summed E-state index contributed by atoms with van der Waals surface area (Å²) in [6.45, 7) is 4.22. The predicted octanol–water partition coefficient (Wildman–Crippen LogP) is 1.92. The first-order valence-corrected chi connectivity index (χ1v) is 8.13. The highest BCUT2D eigenvalue weighted by molar-refractivity contribution is 5.90. The van der Waals surface area contributed by atoms with Crippen molar-refractivity contribution in [2.24, 2.45) is 0 Å². The maximum atomic E-state index is 12.3. The SMILES string of the molecule is CCO[C@H]1CN(C)C[C@@H]1NC(=O)Nc1cccc(-c2ccn[nH]2)c1. The molecule has 2 heterocycles. The van der Waals surface area contributed by atoms with Gasteiger partial charge >= 0.3 is 6.03 Å². The Bertz CT molecular complexity index is 673. The lowest BCUT2D eigenvalue weighted by Gasteiger charge is -2.20. The van der Waals surface area contributed by atoms with Crippen LogP contribution in [0.5, 0.6) is 0 Å². The molecule has 0 spiro atoms. The summed E-state index contributed by atoms with van der Waals surface area (Å²) in [4.78, 5) is 14.5. The fourth-order valence-corrected chi connectivity index (χ4v) is 3.00. The fourth-order valence-electron chi connectivity index (χ4n) is 3.00. The molecule has 24 heavy (non-hydrogen) atoms. The predicted molar refractivity (Wildman–Crippen MR) is 92.9 cm³/mol. The van der Waals surface area contributed by atoms with E-state index in [0.717, 1.165) is 30.0 Å². The smallest absolute Gasteiger partial charge is 0.319 e. The van der Waals surface area contributed by atoms with Gasteiger partial charge in [0.1, 0.15) is 0 Å². The van der Waals surface area contributed by atoms with Crippen LogP contribution < -0.4 is 10.6 Å². The Hall–Kier alpha value is -2.38. The average Bonchev–Trinajstić information content (AvgIpc) is 3.18. The number of aromatic amines is 1. The lowest BCUT2D eigenvalue weighted by atomic mass is 10.1. The van der Waals surface area contributed by atoms with Crippen molar-refractivity contribution in [3.63, 3.8) is 0 Å². The highest BCUT2D eigenvalue weighted by atomic mass is 16.5. The number of hydrogen-bond acceptors (Lipinski definition) is 4. The molecule has 1 saturated heterocycles. The van der Waals surface area contributed by atoms with E-state index in [0.29, 0.717) is 6.61 Å². The monoisotopic (exact) mass is 329 g/mol. The summed E-state index contributed by atoms with van der Waals surface area (Å²) >= 11 is 0. The maximum Gasteiger partial charge on any atom is 0.319 e. The number of carbonyl (C=O) groups is 1. The molecule has 1 fully saturated rings. The summed E-state index contributed by atoms with van der Waals surface area (Å²) < 4.78 is 5.71. The molecule has 128 valence electrons. The van der Waals surface area contributed by atoms with Crippen molar-refractivity contribution in [1.82, 2.24) is 20.4 Å². The number of hydrogen-bond donors (Lipinski definition) is 3. The number of likely N-dealkylation sites (tertiary alicyclic amines) is 1. The molecule has 0 radical (unpaired) electrons. The standard InChI is InChI=1S/C17H23N5O2/c1-3-24-16-11-22(2)10-15(16)20-17(23)19-13-6-4-5-12(9-13)14-7-8-18-21-14/h4-9,15-16H,3,10-11H2,1-2H3,(H,18,21)(H2,19,20,23)/t15-,16-/m0/s1. The number of anilines is 1. The average molecular weight is 329 g/mol. The Balaban J connectivity index is 1.62. The second-order valence-corrected chi connectivity index (χ2v) is 5.97. The van der Waals surface area contributed by atoms with Crippen molar-refractivity contribution < 1.29 is 9.53 Å². The molecule has 1 aromatic carbocycles. The van der Waals surface area contributed by atoms with Gasteiger partial charge in [0, 0.05) is 37.1 Å². The van der Waals surface area contributed by atoms with E-state index in [1.807, 2.05) is 44.3 Å². The summed E-state index contributed by atoms with van der Waals surface area (Å²) in [5.41, 5.74) is 2.62. The number of amides is 2. The van der Waals surface area contributed by atoms with E-state index >= 15 is 0 Å². The maximum absolute atomic E-state index is 12.3. The second kappa shape index (κ2) is 7.46. The number of nitrogens with zero attached hydrogens (tertiary/aromatic N) is 2. The van der Waals surface area contributed by atoms with Crippen LogP contribution in [0.1, 0.15) is 6.92 Å². The van der Waals surface area contributed by atoms with E-state index in [9.17, 15) is 4.79 Å². The number of likely N-dealkylation sites (N-methyl/N-ethyl adjacent to an activating group) is 1. The highest BCUT2D eigenvalue weighted by Gasteiger charge is 2.32. The molecule has 2 aromatic rings. The number of nitrogens with one attached hydrogen (secondary N) is 3. The highest BCUT2D eigenvalue weighted by Crippen LogP contribution is 2.20. The summed E-state index contributed by atoms with van der Waals surface area (Å²) in [6.07, 6.45) is 1.73. The van der Waals surface area contributed by atoms with Crippen LogP contribution in [-0.4, -0.2) is 60.0 Å². The molecular weight excluding hydrogens is 306 g/mol. The number of rotatable bonds is 5. The molecule has 7 nitrogen and oxygen atoms in total. The van der Waals surface area contributed by atoms with Gasteiger partial charge in [0.05, 0.1) is 17.8 Å². The lowest BCUT2D eigenvalue weighted by molar-refractivity contribution is 0.0568. The Labute approximate surface area is 141 Å². The number of carbonyl (C=O) groups excluding carboxylic acids is 1. The first-order chi connectivity index (χ1) is 11.7. The molecule has 7 heteroatoms. The summed E-state index contributed by atoms with van der Waals surface area (Å²) in [5, 5.41) is 12.8. The van der Waals surface area contributed by atoms with E-state index < -0.39 is 0 Å². The van der Waals surface area contributed by atoms with Gasteiger partial charge in [0.2, 0.25) is 0 Å². The van der Waals surface area contributed by atoms with Gasteiger partial charge in [0.25, 0.3) is 0 Å². The number of aromatic nitrogens is 2. The summed E-state index contributed by atoms with van der Waals surface area (Å²) in [7, 11) is 2.03. The molecule has 0 unspecified atom stereocenters. The Kier molecular flexibility index (Phi) is 5.12. The largest absolute Gasteiger partial charge is 0.375 e. The Morgan fingerprint density at radius 2 is 2.29 bits per heavy atom. The zero-order valence-electron chi connectivity index (χ0n) is 14.0. The van der Waals surface area contributed by atoms with Gasteiger partial charge in [-0.15, -0.1) is 0 Å². The van der Waals surface area contributed by atoms with Gasteiger partial charge in [-0.2, -0.15) is 5.10 Å². The number of benzene rings is 1. The molecule has 3 N–H and O–H groups in total. The zero-order chi connectivity index (χ0) is 16.9.